The van der Waals surface area contributed by atoms with Crippen LogP contribution in [0.1, 0.15) is 17.3 Å². The van der Waals surface area contributed by atoms with Gasteiger partial charge in [0.25, 0.3) is 0 Å². The van der Waals surface area contributed by atoms with Gasteiger partial charge in [0.1, 0.15) is 0 Å². The summed E-state index contributed by atoms with van der Waals surface area (Å²) in [5.74, 6) is -0.370. The summed E-state index contributed by atoms with van der Waals surface area (Å²) in [5, 5.41) is 0. The highest BCUT2D eigenvalue weighted by molar-refractivity contribution is 7.80. The van der Waals surface area contributed by atoms with E-state index in [2.05, 4.69) is 12.6 Å². The second-order valence-corrected chi connectivity index (χ2v) is 3.05. The fourth-order valence-corrected chi connectivity index (χ4v) is 1.26. The first-order valence-electron chi connectivity index (χ1n) is 3.90. The lowest BCUT2D eigenvalue weighted by Crippen LogP contribution is -2.05. The Balaban J connectivity index is 2.94. The molecule has 0 heterocycles. The number of rotatable bonds is 2. The van der Waals surface area contributed by atoms with Gasteiger partial charge in [-0.2, -0.15) is 0 Å². The maximum absolute atomic E-state index is 11.2. The van der Waals surface area contributed by atoms with Crippen molar-refractivity contribution in [3.8, 4) is 0 Å². The van der Waals surface area contributed by atoms with Crippen LogP contribution in [-0.2, 0) is 4.74 Å². The maximum atomic E-state index is 11.2. The molecule has 1 aromatic carbocycles. The van der Waals surface area contributed by atoms with E-state index in [4.69, 9.17) is 10.5 Å². The Morgan fingerprint density at radius 3 is 2.77 bits per heavy atom. The van der Waals surface area contributed by atoms with Crippen molar-refractivity contribution in [2.45, 2.75) is 11.8 Å². The Kier molecular flexibility index (Phi) is 3.19. The summed E-state index contributed by atoms with van der Waals surface area (Å²) >= 11 is 4.10. The van der Waals surface area contributed by atoms with Crippen LogP contribution >= 0.6 is 12.6 Å². The Morgan fingerprint density at radius 1 is 1.54 bits per heavy atom. The Morgan fingerprint density at radius 2 is 2.23 bits per heavy atom. The van der Waals surface area contributed by atoms with Gasteiger partial charge in [0.05, 0.1) is 12.2 Å². The van der Waals surface area contributed by atoms with Crippen molar-refractivity contribution >= 4 is 24.3 Å². The summed E-state index contributed by atoms with van der Waals surface area (Å²) < 4.78 is 4.81. The first-order valence-corrected chi connectivity index (χ1v) is 4.35. The predicted octanol–water partition coefficient (Wildman–Crippen LogP) is 1.73. The first-order chi connectivity index (χ1) is 6.13. The topological polar surface area (TPSA) is 52.3 Å². The number of carbonyl (C=O) groups is 1. The van der Waals surface area contributed by atoms with Gasteiger partial charge >= 0.3 is 5.97 Å². The van der Waals surface area contributed by atoms with Crippen molar-refractivity contribution < 1.29 is 9.53 Å². The van der Waals surface area contributed by atoms with Crippen LogP contribution in [0, 0.1) is 0 Å². The number of anilines is 1. The van der Waals surface area contributed by atoms with Crippen LogP contribution in [0.5, 0.6) is 0 Å². The molecule has 0 fully saturated rings. The van der Waals surface area contributed by atoms with E-state index >= 15 is 0 Å². The number of carbonyl (C=O) groups excluding carboxylic acids is 1. The average Bonchev–Trinajstić information content (AvgIpc) is 2.03. The molecule has 0 bridgehead atoms. The van der Waals surface area contributed by atoms with Gasteiger partial charge in [-0.1, -0.05) is 0 Å². The van der Waals surface area contributed by atoms with Crippen LogP contribution in [0.2, 0.25) is 0 Å². The van der Waals surface area contributed by atoms with Crippen LogP contribution < -0.4 is 5.73 Å². The maximum Gasteiger partial charge on any atom is 0.338 e. The second kappa shape index (κ2) is 4.18. The molecule has 0 atom stereocenters. The van der Waals surface area contributed by atoms with Gasteiger partial charge in [0, 0.05) is 10.6 Å². The van der Waals surface area contributed by atoms with E-state index in [-0.39, 0.29) is 5.97 Å². The van der Waals surface area contributed by atoms with Crippen LogP contribution in [0.25, 0.3) is 0 Å². The fourth-order valence-electron chi connectivity index (χ4n) is 0.967. The third-order valence-corrected chi connectivity index (χ3v) is 1.71. The van der Waals surface area contributed by atoms with Gasteiger partial charge in [0.2, 0.25) is 0 Å². The smallest absolute Gasteiger partial charge is 0.338 e. The molecule has 4 heteroatoms. The van der Waals surface area contributed by atoms with Gasteiger partial charge in [-0.25, -0.2) is 4.79 Å². The number of hydrogen-bond acceptors (Lipinski definition) is 4. The molecule has 0 radical (unpaired) electrons. The van der Waals surface area contributed by atoms with Crippen molar-refractivity contribution in [1.82, 2.24) is 0 Å². The molecule has 0 saturated heterocycles. The summed E-state index contributed by atoms with van der Waals surface area (Å²) in [4.78, 5) is 11.9. The number of esters is 1. The van der Waals surface area contributed by atoms with E-state index in [1.807, 2.05) is 0 Å². The molecule has 0 aliphatic heterocycles. The zero-order chi connectivity index (χ0) is 9.84. The van der Waals surface area contributed by atoms with Crippen LogP contribution in [0.15, 0.2) is 23.1 Å². The molecule has 1 rings (SSSR count). The van der Waals surface area contributed by atoms with Crippen molar-refractivity contribution in [2.24, 2.45) is 0 Å². The fraction of sp³-hybridized carbons (Fsp3) is 0.222. The zero-order valence-electron chi connectivity index (χ0n) is 7.28. The van der Waals surface area contributed by atoms with E-state index in [1.165, 1.54) is 0 Å². The summed E-state index contributed by atoms with van der Waals surface area (Å²) in [5.41, 5.74) is 6.48. The largest absolute Gasteiger partial charge is 0.462 e. The number of nitrogen functional groups attached to an aromatic ring is 1. The quantitative estimate of drug-likeness (QED) is 0.431. The first kappa shape index (κ1) is 9.92. The molecule has 3 nitrogen and oxygen atoms in total. The number of hydrogen-bond donors (Lipinski definition) is 2. The molecule has 13 heavy (non-hydrogen) atoms. The monoisotopic (exact) mass is 197 g/mol. The minimum atomic E-state index is -0.370. The van der Waals surface area contributed by atoms with E-state index in [0.29, 0.717) is 22.8 Å². The number of nitrogens with two attached hydrogens (primary N) is 1. The molecule has 0 saturated carbocycles. The molecular weight excluding hydrogens is 186 g/mol. The van der Waals surface area contributed by atoms with Gasteiger partial charge < -0.3 is 10.5 Å². The van der Waals surface area contributed by atoms with Crippen molar-refractivity contribution in [1.29, 1.82) is 0 Å². The van der Waals surface area contributed by atoms with Crippen molar-refractivity contribution in [3.63, 3.8) is 0 Å². The second-order valence-electron chi connectivity index (χ2n) is 2.53. The molecule has 70 valence electrons. The lowest BCUT2D eigenvalue weighted by atomic mass is 10.2. The van der Waals surface area contributed by atoms with E-state index < -0.39 is 0 Å². The molecule has 0 aliphatic rings. The minimum Gasteiger partial charge on any atom is -0.462 e. The van der Waals surface area contributed by atoms with Crippen molar-refractivity contribution in [3.05, 3.63) is 23.8 Å². The summed E-state index contributed by atoms with van der Waals surface area (Å²) in [6, 6.07) is 4.86. The van der Waals surface area contributed by atoms with E-state index in [0.717, 1.165) is 0 Å². The Labute approximate surface area is 82.3 Å². The third kappa shape index (κ3) is 2.66. The highest BCUT2D eigenvalue weighted by atomic mass is 32.1. The number of benzene rings is 1. The van der Waals surface area contributed by atoms with Gasteiger partial charge in [-0.3, -0.25) is 0 Å². The third-order valence-electron chi connectivity index (χ3n) is 1.45. The molecule has 0 amide bonds. The summed E-state index contributed by atoms with van der Waals surface area (Å²) in [6.07, 6.45) is 0. The molecule has 2 N–H and O–H groups in total. The average molecular weight is 197 g/mol. The van der Waals surface area contributed by atoms with Gasteiger partial charge in [0.15, 0.2) is 0 Å². The molecule has 0 aromatic heterocycles. The predicted molar refractivity (Wildman–Crippen MR) is 54.1 cm³/mol. The van der Waals surface area contributed by atoms with Crippen molar-refractivity contribution in [2.75, 3.05) is 12.3 Å². The standard InChI is InChI=1S/C9H11NO2S/c1-2-12-9(11)6-3-7(10)5-8(13)4-6/h3-5,13H,2,10H2,1H3. The van der Waals surface area contributed by atoms with Crippen LogP contribution in [0.3, 0.4) is 0 Å². The van der Waals surface area contributed by atoms with E-state index in [9.17, 15) is 4.79 Å². The summed E-state index contributed by atoms with van der Waals surface area (Å²) in [6.45, 7) is 2.11. The molecule has 0 aliphatic carbocycles. The Hall–Kier alpha value is -1.16. The zero-order valence-corrected chi connectivity index (χ0v) is 8.17. The minimum absolute atomic E-state index is 0.357. The molecular formula is C9H11NO2S. The van der Waals surface area contributed by atoms with E-state index in [1.54, 1.807) is 25.1 Å². The van der Waals surface area contributed by atoms with Gasteiger partial charge in [-0.15, -0.1) is 12.6 Å². The molecule has 1 aromatic rings. The molecule has 0 unspecified atom stereocenters. The van der Waals surface area contributed by atoms with Gasteiger partial charge in [-0.05, 0) is 25.1 Å². The highest BCUT2D eigenvalue weighted by Gasteiger charge is 2.06. The highest BCUT2D eigenvalue weighted by Crippen LogP contribution is 2.15. The van der Waals surface area contributed by atoms with Crippen LogP contribution in [-0.4, -0.2) is 12.6 Å². The lowest BCUT2D eigenvalue weighted by molar-refractivity contribution is 0.0526. The summed E-state index contributed by atoms with van der Waals surface area (Å²) in [7, 11) is 0. The van der Waals surface area contributed by atoms with Crippen LogP contribution in [0.4, 0.5) is 5.69 Å². The molecule has 0 spiro atoms. The number of thiol groups is 1. The SMILES string of the molecule is CCOC(=O)c1cc(N)cc(S)c1. The number of ether oxygens (including phenoxy) is 1. The lowest BCUT2D eigenvalue weighted by Gasteiger charge is -2.03. The normalized spacial score (nSPS) is 9.69. The Bertz CT molecular complexity index is 305.